The molecule has 0 saturated carbocycles. The molecule has 0 saturated heterocycles. The second kappa shape index (κ2) is 5.58. The summed E-state index contributed by atoms with van der Waals surface area (Å²) in [5.41, 5.74) is 6.73. The van der Waals surface area contributed by atoms with Gasteiger partial charge in [-0.3, -0.25) is 0 Å². The van der Waals surface area contributed by atoms with E-state index in [2.05, 4.69) is 5.32 Å². The molecular weight excluding hydrogens is 302 g/mol. The maximum Gasteiger partial charge on any atom is 0.238 e. The van der Waals surface area contributed by atoms with Crippen molar-refractivity contribution in [1.82, 2.24) is 0 Å². The van der Waals surface area contributed by atoms with Gasteiger partial charge in [0.2, 0.25) is 10.0 Å². The van der Waals surface area contributed by atoms with E-state index in [9.17, 15) is 16.8 Å². The van der Waals surface area contributed by atoms with Gasteiger partial charge in [0.1, 0.15) is 9.84 Å². The topological polar surface area (TPSA) is 132 Å². The fourth-order valence-electron chi connectivity index (χ4n) is 1.92. The Morgan fingerprint density at radius 2 is 1.80 bits per heavy atom. The lowest BCUT2D eigenvalue weighted by atomic mass is 10.1. The van der Waals surface area contributed by atoms with E-state index in [1.165, 1.54) is 6.07 Å². The van der Waals surface area contributed by atoms with E-state index in [1.807, 2.05) is 0 Å². The molecule has 0 spiro atoms. The zero-order valence-electron chi connectivity index (χ0n) is 11.5. The van der Waals surface area contributed by atoms with Crippen LogP contribution in [0, 0.1) is 6.92 Å². The molecule has 0 aliphatic rings. The number of hydrogen-bond donors (Lipinski definition) is 3. The SMILES string of the molecule is Cc1c(NC(C)CS(C)(=O)=O)cc(N)cc1S(N)(=O)=O. The van der Waals surface area contributed by atoms with E-state index in [0.29, 0.717) is 11.3 Å². The van der Waals surface area contributed by atoms with Crippen LogP contribution in [0.1, 0.15) is 12.5 Å². The summed E-state index contributed by atoms with van der Waals surface area (Å²) in [5.74, 6) is -0.0774. The summed E-state index contributed by atoms with van der Waals surface area (Å²) >= 11 is 0. The number of anilines is 2. The normalized spacial score (nSPS) is 14.0. The quantitative estimate of drug-likeness (QED) is 0.657. The van der Waals surface area contributed by atoms with E-state index in [0.717, 1.165) is 6.26 Å². The van der Waals surface area contributed by atoms with Crippen molar-refractivity contribution < 1.29 is 16.8 Å². The first kappa shape index (κ1) is 16.7. The lowest BCUT2D eigenvalue weighted by Gasteiger charge is -2.18. The maximum atomic E-state index is 11.5. The molecule has 1 unspecified atom stereocenters. The highest BCUT2D eigenvalue weighted by Gasteiger charge is 2.17. The highest BCUT2D eigenvalue weighted by atomic mass is 32.2. The number of sulfone groups is 1. The van der Waals surface area contributed by atoms with Crippen molar-refractivity contribution in [3.8, 4) is 0 Å². The van der Waals surface area contributed by atoms with Crippen LogP contribution in [0.25, 0.3) is 0 Å². The average molecular weight is 321 g/mol. The molecule has 1 aromatic rings. The average Bonchev–Trinajstić information content (AvgIpc) is 2.18. The third kappa shape index (κ3) is 4.66. The van der Waals surface area contributed by atoms with Gasteiger partial charge in [-0.05, 0) is 31.5 Å². The molecule has 0 fully saturated rings. The van der Waals surface area contributed by atoms with Crippen LogP contribution in [0.5, 0.6) is 0 Å². The van der Waals surface area contributed by atoms with Gasteiger partial charge in [0.25, 0.3) is 0 Å². The number of nitrogens with two attached hydrogens (primary N) is 2. The lowest BCUT2D eigenvalue weighted by molar-refractivity contribution is 0.595. The monoisotopic (exact) mass is 321 g/mol. The van der Waals surface area contributed by atoms with Crippen molar-refractivity contribution in [2.24, 2.45) is 5.14 Å². The molecule has 114 valence electrons. The van der Waals surface area contributed by atoms with Gasteiger partial charge in [0.05, 0.1) is 10.6 Å². The summed E-state index contributed by atoms with van der Waals surface area (Å²) < 4.78 is 45.4. The van der Waals surface area contributed by atoms with Crippen molar-refractivity contribution in [3.63, 3.8) is 0 Å². The first-order chi connectivity index (χ1) is 8.90. The van der Waals surface area contributed by atoms with E-state index in [1.54, 1.807) is 19.9 Å². The molecule has 9 heteroatoms. The van der Waals surface area contributed by atoms with Crippen molar-refractivity contribution in [2.75, 3.05) is 23.1 Å². The van der Waals surface area contributed by atoms with Crippen LogP contribution in [0.2, 0.25) is 0 Å². The minimum atomic E-state index is -3.89. The second-order valence-corrected chi connectivity index (χ2v) is 8.59. The van der Waals surface area contributed by atoms with Crippen LogP contribution in [0.15, 0.2) is 17.0 Å². The van der Waals surface area contributed by atoms with Crippen LogP contribution in [-0.2, 0) is 19.9 Å². The van der Waals surface area contributed by atoms with Gasteiger partial charge in [0.15, 0.2) is 0 Å². The molecule has 7 nitrogen and oxygen atoms in total. The minimum Gasteiger partial charge on any atom is -0.399 e. The largest absolute Gasteiger partial charge is 0.399 e. The van der Waals surface area contributed by atoms with Crippen LogP contribution in [0.3, 0.4) is 0 Å². The molecule has 0 aromatic heterocycles. The van der Waals surface area contributed by atoms with Crippen LogP contribution in [-0.4, -0.2) is 34.9 Å². The van der Waals surface area contributed by atoms with E-state index < -0.39 is 19.9 Å². The number of primary sulfonamides is 1. The molecule has 5 N–H and O–H groups in total. The second-order valence-electron chi connectivity index (χ2n) is 4.87. The van der Waals surface area contributed by atoms with Crippen LogP contribution < -0.4 is 16.2 Å². The summed E-state index contributed by atoms with van der Waals surface area (Å²) in [5, 5.41) is 8.06. The molecule has 0 radical (unpaired) electrons. The maximum absolute atomic E-state index is 11.5. The summed E-state index contributed by atoms with van der Waals surface area (Å²) in [4.78, 5) is -0.0773. The number of benzene rings is 1. The summed E-state index contributed by atoms with van der Waals surface area (Å²) in [6.07, 6.45) is 1.13. The van der Waals surface area contributed by atoms with Gasteiger partial charge < -0.3 is 11.1 Å². The molecule has 20 heavy (non-hydrogen) atoms. The van der Waals surface area contributed by atoms with Gasteiger partial charge in [-0.2, -0.15) is 0 Å². The van der Waals surface area contributed by atoms with Crippen LogP contribution in [0.4, 0.5) is 11.4 Å². The molecule has 0 bridgehead atoms. The van der Waals surface area contributed by atoms with Gasteiger partial charge >= 0.3 is 0 Å². The molecule has 0 amide bonds. The van der Waals surface area contributed by atoms with Gasteiger partial charge in [-0.25, -0.2) is 22.0 Å². The lowest BCUT2D eigenvalue weighted by Crippen LogP contribution is -2.26. The Morgan fingerprint density at radius 1 is 1.25 bits per heavy atom. The Labute approximate surface area is 119 Å². The van der Waals surface area contributed by atoms with Crippen molar-refractivity contribution >= 4 is 31.2 Å². The van der Waals surface area contributed by atoms with Crippen molar-refractivity contribution in [1.29, 1.82) is 0 Å². The van der Waals surface area contributed by atoms with Crippen molar-refractivity contribution in [2.45, 2.75) is 24.8 Å². The summed E-state index contributed by atoms with van der Waals surface area (Å²) in [6, 6.07) is 2.43. The standard InChI is InChI=1S/C11H19N3O4S2/c1-7(6-19(3,15)16)14-10-4-9(12)5-11(8(10)2)20(13,17)18/h4-5,7,14H,6,12H2,1-3H3,(H2,13,17,18). The smallest absolute Gasteiger partial charge is 0.238 e. The number of rotatable bonds is 5. The predicted molar refractivity (Wildman–Crippen MR) is 79.8 cm³/mol. The molecule has 1 rings (SSSR count). The fraction of sp³-hybridized carbons (Fsp3) is 0.455. The number of nitrogens with one attached hydrogen (secondary N) is 1. The van der Waals surface area contributed by atoms with E-state index in [-0.39, 0.29) is 22.4 Å². The highest BCUT2D eigenvalue weighted by molar-refractivity contribution is 7.90. The molecule has 0 aliphatic heterocycles. The van der Waals surface area contributed by atoms with E-state index >= 15 is 0 Å². The zero-order valence-corrected chi connectivity index (χ0v) is 13.2. The predicted octanol–water partition coefficient (Wildman–Crippen LogP) is 0.0696. The Bertz CT molecular complexity index is 711. The number of sulfonamides is 1. The zero-order chi connectivity index (χ0) is 15.7. The van der Waals surface area contributed by atoms with E-state index in [4.69, 9.17) is 10.9 Å². The molecule has 1 atom stereocenters. The molecule has 0 aliphatic carbocycles. The Kier molecular flexibility index (Phi) is 4.67. The summed E-state index contributed by atoms with van der Waals surface area (Å²) in [6.45, 7) is 3.26. The molecule has 1 aromatic carbocycles. The minimum absolute atomic E-state index is 0.0773. The van der Waals surface area contributed by atoms with Crippen molar-refractivity contribution in [3.05, 3.63) is 17.7 Å². The third-order valence-corrected chi connectivity index (χ3v) is 4.79. The Balaban J connectivity index is 3.17. The first-order valence-electron chi connectivity index (χ1n) is 5.77. The van der Waals surface area contributed by atoms with Gasteiger partial charge in [-0.15, -0.1) is 0 Å². The first-order valence-corrected chi connectivity index (χ1v) is 9.38. The Morgan fingerprint density at radius 3 is 2.25 bits per heavy atom. The van der Waals surface area contributed by atoms with Crippen LogP contribution >= 0.6 is 0 Å². The highest BCUT2D eigenvalue weighted by Crippen LogP contribution is 2.26. The molecule has 0 heterocycles. The Hall–Kier alpha value is -1.32. The van der Waals surface area contributed by atoms with Gasteiger partial charge in [-0.1, -0.05) is 0 Å². The third-order valence-electron chi connectivity index (χ3n) is 2.64. The summed E-state index contributed by atoms with van der Waals surface area (Å²) in [7, 11) is -7.03. The molecular formula is C11H19N3O4S2. The number of nitrogen functional groups attached to an aromatic ring is 1. The fourth-order valence-corrected chi connectivity index (χ4v) is 3.74. The van der Waals surface area contributed by atoms with Gasteiger partial charge in [0, 0.05) is 23.7 Å². The number of hydrogen-bond acceptors (Lipinski definition) is 6.